The number of aromatic amines is 1. The largest absolute Gasteiger partial charge is 0.383 e. The molecule has 0 bridgehead atoms. The molecule has 90 valence electrons. The van der Waals surface area contributed by atoms with Crippen molar-refractivity contribution in [3.63, 3.8) is 0 Å². The number of rotatable bonds is 5. The number of hydrogen-bond donors (Lipinski definition) is 2. The van der Waals surface area contributed by atoms with Crippen LogP contribution in [0.15, 0.2) is 4.79 Å². The molecule has 0 aliphatic rings. The first-order chi connectivity index (χ1) is 7.63. The topological polar surface area (TPSA) is 81.0 Å². The van der Waals surface area contributed by atoms with Crippen molar-refractivity contribution in [2.45, 2.75) is 39.7 Å². The zero-order valence-corrected chi connectivity index (χ0v) is 10.0. The highest BCUT2D eigenvalue weighted by molar-refractivity contribution is 5.37. The van der Waals surface area contributed by atoms with Crippen LogP contribution in [0.25, 0.3) is 0 Å². The van der Waals surface area contributed by atoms with E-state index in [2.05, 4.69) is 9.97 Å². The molecule has 5 heteroatoms. The fourth-order valence-electron chi connectivity index (χ4n) is 1.62. The highest BCUT2D eigenvalue weighted by Crippen LogP contribution is 2.17. The zero-order valence-electron chi connectivity index (χ0n) is 10.0. The van der Waals surface area contributed by atoms with Gasteiger partial charge in [-0.05, 0) is 19.8 Å². The molecule has 0 saturated heterocycles. The molecule has 1 aromatic heterocycles. The van der Waals surface area contributed by atoms with Crippen molar-refractivity contribution in [3.8, 4) is 0 Å². The van der Waals surface area contributed by atoms with Crippen molar-refractivity contribution in [2.24, 2.45) is 0 Å². The molecule has 0 aliphatic heterocycles. The van der Waals surface area contributed by atoms with Crippen LogP contribution >= 0.6 is 0 Å². The minimum Gasteiger partial charge on any atom is -0.383 e. The summed E-state index contributed by atoms with van der Waals surface area (Å²) in [4.78, 5) is 18.6. The third kappa shape index (κ3) is 2.61. The number of H-pyrrole nitrogens is 1. The zero-order chi connectivity index (χ0) is 12.1. The van der Waals surface area contributed by atoms with Gasteiger partial charge in [0.1, 0.15) is 17.7 Å². The third-order valence-electron chi connectivity index (χ3n) is 2.46. The first-order valence-corrected chi connectivity index (χ1v) is 5.64. The van der Waals surface area contributed by atoms with Gasteiger partial charge in [0.15, 0.2) is 0 Å². The van der Waals surface area contributed by atoms with Crippen molar-refractivity contribution < 1.29 is 4.74 Å². The van der Waals surface area contributed by atoms with Gasteiger partial charge in [0.05, 0.1) is 5.56 Å². The Kier molecular flexibility index (Phi) is 4.49. The maximum Gasteiger partial charge on any atom is 0.256 e. The number of anilines is 1. The van der Waals surface area contributed by atoms with Crippen LogP contribution in [0.1, 0.15) is 44.7 Å². The molecule has 1 atom stereocenters. The van der Waals surface area contributed by atoms with E-state index in [1.54, 1.807) is 0 Å². The summed E-state index contributed by atoms with van der Waals surface area (Å²) in [7, 11) is 0. The Morgan fingerprint density at radius 3 is 2.56 bits per heavy atom. The lowest BCUT2D eigenvalue weighted by Crippen LogP contribution is -2.21. The Morgan fingerprint density at radius 1 is 1.44 bits per heavy atom. The van der Waals surface area contributed by atoms with E-state index in [0.717, 1.165) is 6.42 Å². The molecule has 1 aromatic rings. The summed E-state index contributed by atoms with van der Waals surface area (Å²) >= 11 is 0. The van der Waals surface area contributed by atoms with Crippen LogP contribution in [0.2, 0.25) is 0 Å². The van der Waals surface area contributed by atoms with Crippen LogP contribution in [-0.2, 0) is 11.2 Å². The first-order valence-electron chi connectivity index (χ1n) is 5.64. The molecule has 3 N–H and O–H groups in total. The summed E-state index contributed by atoms with van der Waals surface area (Å²) in [6, 6.07) is 0. The molecule has 5 nitrogen and oxygen atoms in total. The SMILES string of the molecule is CCOC(CC)c1nc(N)c(CC)c(=O)[nH]1. The summed E-state index contributed by atoms with van der Waals surface area (Å²) in [5.41, 5.74) is 6.11. The van der Waals surface area contributed by atoms with Crippen LogP contribution in [0.5, 0.6) is 0 Å². The average molecular weight is 225 g/mol. The third-order valence-corrected chi connectivity index (χ3v) is 2.46. The molecular weight excluding hydrogens is 206 g/mol. The Bertz CT molecular complexity index is 401. The first kappa shape index (κ1) is 12.7. The van der Waals surface area contributed by atoms with E-state index in [1.165, 1.54) is 0 Å². The number of ether oxygens (including phenoxy) is 1. The van der Waals surface area contributed by atoms with E-state index in [0.29, 0.717) is 30.2 Å². The van der Waals surface area contributed by atoms with Crippen molar-refractivity contribution >= 4 is 5.82 Å². The molecule has 0 radical (unpaired) electrons. The molecule has 0 aliphatic carbocycles. The predicted octanol–water partition coefficient (Wildman–Crippen LogP) is 1.40. The number of nitrogen functional groups attached to an aromatic ring is 1. The normalized spacial score (nSPS) is 12.7. The molecule has 0 aromatic carbocycles. The smallest absolute Gasteiger partial charge is 0.256 e. The van der Waals surface area contributed by atoms with Crippen LogP contribution in [0, 0.1) is 0 Å². The maximum absolute atomic E-state index is 11.7. The second-order valence-electron chi connectivity index (χ2n) is 3.52. The number of nitrogens with one attached hydrogen (secondary N) is 1. The summed E-state index contributed by atoms with van der Waals surface area (Å²) in [5, 5.41) is 0. The lowest BCUT2D eigenvalue weighted by atomic mass is 10.2. The fourth-order valence-corrected chi connectivity index (χ4v) is 1.62. The lowest BCUT2D eigenvalue weighted by molar-refractivity contribution is 0.0534. The molecule has 0 spiro atoms. The quantitative estimate of drug-likeness (QED) is 0.793. The molecular formula is C11H19N3O2. The van der Waals surface area contributed by atoms with E-state index in [4.69, 9.17) is 10.5 Å². The fraction of sp³-hybridized carbons (Fsp3) is 0.636. The van der Waals surface area contributed by atoms with Crippen molar-refractivity contribution in [3.05, 3.63) is 21.7 Å². The van der Waals surface area contributed by atoms with Gasteiger partial charge in [-0.1, -0.05) is 13.8 Å². The molecule has 0 amide bonds. The van der Waals surface area contributed by atoms with E-state index >= 15 is 0 Å². The Hall–Kier alpha value is -1.36. The molecule has 0 saturated carbocycles. The summed E-state index contributed by atoms with van der Waals surface area (Å²) in [6.07, 6.45) is 1.15. The van der Waals surface area contributed by atoms with E-state index < -0.39 is 0 Å². The second-order valence-corrected chi connectivity index (χ2v) is 3.52. The minimum absolute atomic E-state index is 0.164. The molecule has 1 heterocycles. The molecule has 0 fully saturated rings. The summed E-state index contributed by atoms with van der Waals surface area (Å²) in [6.45, 7) is 6.34. The van der Waals surface area contributed by atoms with Crippen molar-refractivity contribution in [1.82, 2.24) is 9.97 Å². The number of nitrogens with two attached hydrogens (primary N) is 1. The van der Waals surface area contributed by atoms with Gasteiger partial charge < -0.3 is 15.5 Å². The standard InChI is InChI=1S/C11H19N3O2/c1-4-7-9(12)13-10(14-11(7)15)8(5-2)16-6-3/h8H,4-6H2,1-3H3,(H3,12,13,14,15). The van der Waals surface area contributed by atoms with E-state index in [1.807, 2.05) is 20.8 Å². The summed E-state index contributed by atoms with van der Waals surface area (Å²) in [5.74, 6) is 0.823. The van der Waals surface area contributed by atoms with Crippen LogP contribution in [0.4, 0.5) is 5.82 Å². The summed E-state index contributed by atoms with van der Waals surface area (Å²) < 4.78 is 5.47. The Morgan fingerprint density at radius 2 is 2.12 bits per heavy atom. The molecule has 1 unspecified atom stereocenters. The van der Waals surface area contributed by atoms with Gasteiger partial charge >= 0.3 is 0 Å². The highest BCUT2D eigenvalue weighted by atomic mass is 16.5. The predicted molar refractivity (Wildman–Crippen MR) is 63.3 cm³/mol. The number of aromatic nitrogens is 2. The minimum atomic E-state index is -0.189. The van der Waals surface area contributed by atoms with Gasteiger partial charge in [0, 0.05) is 6.61 Å². The maximum atomic E-state index is 11.7. The van der Waals surface area contributed by atoms with Gasteiger partial charge in [-0.2, -0.15) is 0 Å². The lowest BCUT2D eigenvalue weighted by Gasteiger charge is -2.14. The van der Waals surface area contributed by atoms with E-state index in [9.17, 15) is 4.79 Å². The number of hydrogen-bond acceptors (Lipinski definition) is 4. The van der Waals surface area contributed by atoms with Gasteiger partial charge in [-0.15, -0.1) is 0 Å². The average Bonchev–Trinajstić information content (AvgIpc) is 2.25. The highest BCUT2D eigenvalue weighted by Gasteiger charge is 2.14. The van der Waals surface area contributed by atoms with Gasteiger partial charge in [-0.25, -0.2) is 4.98 Å². The van der Waals surface area contributed by atoms with Crippen molar-refractivity contribution in [2.75, 3.05) is 12.3 Å². The van der Waals surface area contributed by atoms with Gasteiger partial charge in [0.2, 0.25) is 0 Å². The van der Waals surface area contributed by atoms with Crippen LogP contribution in [-0.4, -0.2) is 16.6 Å². The monoisotopic (exact) mass is 225 g/mol. The van der Waals surface area contributed by atoms with Gasteiger partial charge in [-0.3, -0.25) is 4.79 Å². The Balaban J connectivity index is 3.11. The van der Waals surface area contributed by atoms with Crippen LogP contribution < -0.4 is 11.3 Å². The van der Waals surface area contributed by atoms with Crippen molar-refractivity contribution in [1.29, 1.82) is 0 Å². The van der Waals surface area contributed by atoms with Crippen LogP contribution in [0.3, 0.4) is 0 Å². The van der Waals surface area contributed by atoms with E-state index in [-0.39, 0.29) is 11.7 Å². The second kappa shape index (κ2) is 5.65. The number of nitrogens with zero attached hydrogens (tertiary/aromatic N) is 1. The molecule has 1 rings (SSSR count). The molecule has 16 heavy (non-hydrogen) atoms. The van der Waals surface area contributed by atoms with Gasteiger partial charge in [0.25, 0.3) is 5.56 Å². The Labute approximate surface area is 95.0 Å².